The Balaban J connectivity index is 2.95. The third kappa shape index (κ3) is 3.35. The lowest BCUT2D eigenvalue weighted by Gasteiger charge is -2.13. The first-order chi connectivity index (χ1) is 8.10. The van der Waals surface area contributed by atoms with Crippen molar-refractivity contribution in [2.75, 3.05) is 13.7 Å². The summed E-state index contributed by atoms with van der Waals surface area (Å²) in [6.45, 7) is 2.59. The van der Waals surface area contributed by atoms with E-state index in [1.165, 1.54) is 7.11 Å². The van der Waals surface area contributed by atoms with Crippen molar-refractivity contribution in [2.45, 2.75) is 19.4 Å². The van der Waals surface area contributed by atoms with Gasteiger partial charge in [-0.15, -0.1) is 0 Å². The Hall–Kier alpha value is -1.75. The number of benzene rings is 1. The van der Waals surface area contributed by atoms with E-state index in [0.29, 0.717) is 23.7 Å². The lowest BCUT2D eigenvalue weighted by molar-refractivity contribution is -0.138. The number of rotatable bonds is 6. The van der Waals surface area contributed by atoms with Crippen LogP contribution in [0, 0.1) is 0 Å². The first-order valence-corrected chi connectivity index (χ1v) is 5.39. The maximum atomic E-state index is 10.8. The van der Waals surface area contributed by atoms with Gasteiger partial charge in [0.05, 0.1) is 13.7 Å². The van der Waals surface area contributed by atoms with Crippen LogP contribution in [0.25, 0.3) is 0 Å². The molecule has 1 aromatic carbocycles. The molecule has 1 aromatic rings. The van der Waals surface area contributed by atoms with E-state index >= 15 is 0 Å². The average Bonchev–Trinajstić information content (AvgIpc) is 2.35. The molecule has 0 bridgehead atoms. The monoisotopic (exact) mass is 239 g/mol. The van der Waals surface area contributed by atoms with Gasteiger partial charge in [-0.25, -0.2) is 0 Å². The number of methoxy groups -OCH3 is 1. The summed E-state index contributed by atoms with van der Waals surface area (Å²) in [6, 6.07) is 3.84. The number of ether oxygens (including phenoxy) is 2. The minimum atomic E-state index is -1.07. The minimum Gasteiger partial charge on any atom is -0.493 e. The summed E-state index contributed by atoms with van der Waals surface area (Å²) in [5.41, 5.74) is 6.00. The normalized spacial score (nSPS) is 11.9. The van der Waals surface area contributed by atoms with Crippen molar-refractivity contribution in [3.05, 3.63) is 23.8 Å². The SMILES string of the molecule is CCCOc1ccc([C@H](N)C(=O)O)cc1OC. The first kappa shape index (κ1) is 13.3. The van der Waals surface area contributed by atoms with Crippen molar-refractivity contribution >= 4 is 5.97 Å². The molecule has 0 fully saturated rings. The summed E-state index contributed by atoms with van der Waals surface area (Å²) in [5.74, 6) is 0.0117. The van der Waals surface area contributed by atoms with Crippen LogP contribution in [0.3, 0.4) is 0 Å². The maximum Gasteiger partial charge on any atom is 0.325 e. The van der Waals surface area contributed by atoms with Gasteiger partial charge in [0.25, 0.3) is 0 Å². The highest BCUT2D eigenvalue weighted by molar-refractivity contribution is 5.75. The fraction of sp³-hybridized carbons (Fsp3) is 0.417. The van der Waals surface area contributed by atoms with Crippen LogP contribution >= 0.6 is 0 Å². The van der Waals surface area contributed by atoms with Gasteiger partial charge in [0.15, 0.2) is 11.5 Å². The molecular weight excluding hydrogens is 222 g/mol. The van der Waals surface area contributed by atoms with E-state index in [0.717, 1.165) is 6.42 Å². The van der Waals surface area contributed by atoms with Gasteiger partial charge in [-0.05, 0) is 24.1 Å². The van der Waals surface area contributed by atoms with Gasteiger partial charge in [-0.1, -0.05) is 13.0 Å². The van der Waals surface area contributed by atoms with E-state index in [1.807, 2.05) is 6.92 Å². The van der Waals surface area contributed by atoms with E-state index in [2.05, 4.69) is 0 Å². The average molecular weight is 239 g/mol. The van der Waals surface area contributed by atoms with Crippen molar-refractivity contribution < 1.29 is 19.4 Å². The van der Waals surface area contributed by atoms with Crippen LogP contribution in [0.1, 0.15) is 24.9 Å². The molecule has 17 heavy (non-hydrogen) atoms. The second kappa shape index (κ2) is 6.10. The number of carboxylic acid groups (broad SMARTS) is 1. The van der Waals surface area contributed by atoms with Gasteiger partial charge in [0, 0.05) is 0 Å². The van der Waals surface area contributed by atoms with Gasteiger partial charge in [0.1, 0.15) is 6.04 Å². The highest BCUT2D eigenvalue weighted by Crippen LogP contribution is 2.30. The zero-order valence-electron chi connectivity index (χ0n) is 9.97. The third-order valence-electron chi connectivity index (χ3n) is 2.27. The highest BCUT2D eigenvalue weighted by Gasteiger charge is 2.16. The highest BCUT2D eigenvalue weighted by atomic mass is 16.5. The molecule has 0 radical (unpaired) electrons. The first-order valence-electron chi connectivity index (χ1n) is 5.39. The lowest BCUT2D eigenvalue weighted by atomic mass is 10.1. The van der Waals surface area contributed by atoms with E-state index < -0.39 is 12.0 Å². The number of aliphatic carboxylic acids is 1. The second-order valence-electron chi connectivity index (χ2n) is 3.57. The van der Waals surface area contributed by atoms with Crippen molar-refractivity contribution in [2.24, 2.45) is 5.73 Å². The molecule has 5 nitrogen and oxygen atoms in total. The van der Waals surface area contributed by atoms with Gasteiger partial charge in [0.2, 0.25) is 0 Å². The molecule has 0 unspecified atom stereocenters. The third-order valence-corrected chi connectivity index (χ3v) is 2.27. The van der Waals surface area contributed by atoms with Crippen molar-refractivity contribution in [3.8, 4) is 11.5 Å². The molecule has 1 atom stereocenters. The van der Waals surface area contributed by atoms with Crippen LogP contribution in [-0.4, -0.2) is 24.8 Å². The molecule has 0 spiro atoms. The quantitative estimate of drug-likeness (QED) is 0.787. The topological polar surface area (TPSA) is 81.8 Å². The predicted molar refractivity (Wildman–Crippen MR) is 63.3 cm³/mol. The zero-order valence-corrected chi connectivity index (χ0v) is 9.97. The summed E-state index contributed by atoms with van der Waals surface area (Å²) in [4.78, 5) is 10.8. The molecule has 0 heterocycles. The fourth-order valence-corrected chi connectivity index (χ4v) is 1.35. The molecule has 0 aliphatic rings. The second-order valence-corrected chi connectivity index (χ2v) is 3.57. The van der Waals surface area contributed by atoms with Crippen molar-refractivity contribution in [1.29, 1.82) is 0 Å². The van der Waals surface area contributed by atoms with Crippen LogP contribution in [0.2, 0.25) is 0 Å². The van der Waals surface area contributed by atoms with Gasteiger partial charge in [-0.2, -0.15) is 0 Å². The molecule has 0 aliphatic carbocycles. The minimum absolute atomic E-state index is 0.484. The molecular formula is C12H17NO4. The summed E-state index contributed by atoms with van der Waals surface area (Å²) in [6.07, 6.45) is 0.888. The number of carboxylic acids is 1. The van der Waals surface area contributed by atoms with E-state index in [9.17, 15) is 4.79 Å². The molecule has 3 N–H and O–H groups in total. The Bertz CT molecular complexity index is 392. The van der Waals surface area contributed by atoms with Crippen LogP contribution in [0.5, 0.6) is 11.5 Å². The molecule has 94 valence electrons. The van der Waals surface area contributed by atoms with E-state index in [-0.39, 0.29) is 0 Å². The number of hydrogen-bond acceptors (Lipinski definition) is 4. The van der Waals surface area contributed by atoms with Crippen LogP contribution in [-0.2, 0) is 4.79 Å². The molecule has 0 saturated carbocycles. The molecule has 1 rings (SSSR count). The van der Waals surface area contributed by atoms with Gasteiger partial charge >= 0.3 is 5.97 Å². The van der Waals surface area contributed by atoms with Crippen molar-refractivity contribution in [1.82, 2.24) is 0 Å². The van der Waals surface area contributed by atoms with Gasteiger partial charge < -0.3 is 20.3 Å². The molecule has 0 amide bonds. The molecule has 0 aliphatic heterocycles. The van der Waals surface area contributed by atoms with Crippen LogP contribution in [0.4, 0.5) is 0 Å². The Morgan fingerprint density at radius 1 is 1.47 bits per heavy atom. The maximum absolute atomic E-state index is 10.8. The van der Waals surface area contributed by atoms with Crippen LogP contribution < -0.4 is 15.2 Å². The fourth-order valence-electron chi connectivity index (χ4n) is 1.35. The number of carbonyl (C=O) groups is 1. The van der Waals surface area contributed by atoms with E-state index in [4.69, 9.17) is 20.3 Å². The number of nitrogens with two attached hydrogens (primary N) is 1. The smallest absolute Gasteiger partial charge is 0.325 e. The Labute approximate surface area is 100 Å². The predicted octanol–water partition coefficient (Wildman–Crippen LogP) is 1.57. The largest absolute Gasteiger partial charge is 0.493 e. The molecule has 0 saturated heterocycles. The summed E-state index contributed by atoms with van der Waals surface area (Å²) >= 11 is 0. The summed E-state index contributed by atoms with van der Waals surface area (Å²) in [5, 5.41) is 8.81. The summed E-state index contributed by atoms with van der Waals surface area (Å²) < 4.78 is 10.6. The van der Waals surface area contributed by atoms with Gasteiger partial charge in [-0.3, -0.25) is 4.79 Å². The molecule has 5 heteroatoms. The lowest BCUT2D eigenvalue weighted by Crippen LogP contribution is -2.20. The standard InChI is InChI=1S/C12H17NO4/c1-3-6-17-9-5-4-8(7-10(9)16-2)11(13)12(14)15/h4-5,7,11H,3,6,13H2,1-2H3,(H,14,15)/t11-/m0/s1. The Morgan fingerprint density at radius 2 is 2.18 bits per heavy atom. The Kier molecular flexibility index (Phi) is 4.78. The zero-order chi connectivity index (χ0) is 12.8. The van der Waals surface area contributed by atoms with Crippen LogP contribution in [0.15, 0.2) is 18.2 Å². The number of hydrogen-bond donors (Lipinski definition) is 2. The summed E-state index contributed by atoms with van der Waals surface area (Å²) in [7, 11) is 1.50. The molecule has 0 aromatic heterocycles. The van der Waals surface area contributed by atoms with E-state index in [1.54, 1.807) is 18.2 Å². The van der Waals surface area contributed by atoms with Crippen molar-refractivity contribution in [3.63, 3.8) is 0 Å². The Morgan fingerprint density at radius 3 is 2.71 bits per heavy atom.